The molecule has 3 aromatic carbocycles. The van der Waals surface area contributed by atoms with Crippen LogP contribution in [0.15, 0.2) is 107 Å². The van der Waals surface area contributed by atoms with E-state index in [9.17, 15) is 24.3 Å². The third-order valence-corrected chi connectivity index (χ3v) is 7.71. The Hall–Kier alpha value is -4.98. The first-order valence-corrected chi connectivity index (χ1v) is 14.2. The molecule has 2 N–H and O–H groups in total. The summed E-state index contributed by atoms with van der Waals surface area (Å²) in [5.74, 6) is -2.43. The Morgan fingerprint density at radius 3 is 2.09 bits per heavy atom. The number of carbonyl (C=O) groups excluding carboxylic acids is 3. The lowest BCUT2D eigenvalue weighted by Crippen LogP contribution is -2.55. The van der Waals surface area contributed by atoms with Gasteiger partial charge in [-0.1, -0.05) is 66.7 Å². The molecule has 0 unspecified atom stereocenters. The van der Waals surface area contributed by atoms with E-state index in [0.29, 0.717) is 0 Å². The van der Waals surface area contributed by atoms with Crippen LogP contribution in [0.25, 0.3) is 11.0 Å². The molecule has 0 radical (unpaired) electrons. The number of H-pyrrole nitrogens is 1. The predicted octanol–water partition coefficient (Wildman–Crippen LogP) is 3.48. The number of hydrogen-bond donors (Lipinski definition) is 2. The molecule has 13 heteroatoms. The summed E-state index contributed by atoms with van der Waals surface area (Å²) in [4.78, 5) is 59.7. The van der Waals surface area contributed by atoms with Crippen LogP contribution in [0.2, 0.25) is 0 Å². The highest BCUT2D eigenvalue weighted by Crippen LogP contribution is 2.44. The molecule has 4 atom stereocenters. The van der Waals surface area contributed by atoms with Gasteiger partial charge in [0.1, 0.15) is 22.7 Å². The van der Waals surface area contributed by atoms with E-state index >= 15 is 0 Å². The second-order valence-electron chi connectivity index (χ2n) is 9.87. The Labute approximate surface area is 257 Å². The number of nitrogens with zero attached hydrogens (tertiary/aromatic N) is 3. The van der Waals surface area contributed by atoms with Gasteiger partial charge in [0.05, 0.1) is 17.5 Å². The minimum absolute atomic E-state index is 0.0278. The van der Waals surface area contributed by atoms with Gasteiger partial charge < -0.3 is 24.3 Å². The summed E-state index contributed by atoms with van der Waals surface area (Å²) in [5.41, 5.74) is -2.73. The van der Waals surface area contributed by atoms with Crippen LogP contribution in [0.3, 0.4) is 0 Å². The average Bonchev–Trinajstić information content (AvgIpc) is 3.54. The molecule has 0 saturated carbocycles. The Kier molecular flexibility index (Phi) is 7.91. The monoisotopic (exact) mass is 658 g/mol. The van der Waals surface area contributed by atoms with Gasteiger partial charge in [-0.25, -0.2) is 19.3 Å². The van der Waals surface area contributed by atoms with Crippen molar-refractivity contribution in [2.45, 2.75) is 24.0 Å². The molecule has 5 aromatic rings. The first-order valence-electron chi connectivity index (χ1n) is 13.4. The number of nitrogens with one attached hydrogen (secondary N) is 1. The lowest BCUT2D eigenvalue weighted by atomic mass is 9.85. The number of aromatic nitrogens is 4. The van der Waals surface area contributed by atoms with E-state index in [1.165, 1.54) is 24.3 Å². The van der Waals surface area contributed by atoms with Crippen LogP contribution in [0.1, 0.15) is 37.3 Å². The highest BCUT2D eigenvalue weighted by Gasteiger charge is 2.64. The van der Waals surface area contributed by atoms with Crippen LogP contribution in [0.5, 0.6) is 0 Å². The molecule has 0 spiro atoms. The smallest absolute Gasteiger partial charge is 0.338 e. The minimum atomic E-state index is -2.64. The fourth-order valence-corrected chi connectivity index (χ4v) is 5.57. The van der Waals surface area contributed by atoms with E-state index in [4.69, 9.17) is 14.2 Å². The van der Waals surface area contributed by atoms with Gasteiger partial charge in [0.2, 0.25) is 11.4 Å². The summed E-state index contributed by atoms with van der Waals surface area (Å²) >= 11 is 3.24. The van der Waals surface area contributed by atoms with Gasteiger partial charge in [-0.3, -0.25) is 9.59 Å². The van der Waals surface area contributed by atoms with Crippen molar-refractivity contribution in [3.05, 3.63) is 129 Å². The molecule has 1 saturated heterocycles. The number of aromatic amines is 1. The largest absolute Gasteiger partial charge is 0.459 e. The molecular formula is C31H23BrN4O8. The summed E-state index contributed by atoms with van der Waals surface area (Å²) in [6.07, 6.45) is -3.63. The number of halogens is 1. The number of ether oxygens (including phenoxy) is 3. The number of carbonyl (C=O) groups is 3. The number of Topliss-reactive ketones (excluding diaryl/α,β-unsaturated/α-hetero) is 1. The van der Waals surface area contributed by atoms with Crippen molar-refractivity contribution in [2.75, 3.05) is 6.61 Å². The molecule has 0 bridgehead atoms. The Bertz CT molecular complexity index is 1900. The lowest BCUT2D eigenvalue weighted by Gasteiger charge is -2.32. The Morgan fingerprint density at radius 1 is 0.909 bits per heavy atom. The number of hydrogen-bond acceptors (Lipinski definition) is 10. The van der Waals surface area contributed by atoms with Gasteiger partial charge in [0.15, 0.2) is 18.0 Å². The zero-order chi connectivity index (χ0) is 30.8. The molecule has 0 aliphatic carbocycles. The van der Waals surface area contributed by atoms with Crippen molar-refractivity contribution in [3.8, 4) is 0 Å². The molecule has 3 heterocycles. The van der Waals surface area contributed by atoms with Crippen LogP contribution in [-0.4, -0.2) is 67.0 Å². The number of esters is 2. The minimum Gasteiger partial charge on any atom is -0.459 e. The number of benzene rings is 3. The van der Waals surface area contributed by atoms with Gasteiger partial charge in [-0.05, 0) is 40.2 Å². The number of ketones is 1. The number of rotatable bonds is 8. The Morgan fingerprint density at radius 2 is 1.48 bits per heavy atom. The van der Waals surface area contributed by atoms with Crippen molar-refractivity contribution in [1.29, 1.82) is 0 Å². The first-order chi connectivity index (χ1) is 21.3. The van der Waals surface area contributed by atoms with Crippen molar-refractivity contribution in [1.82, 2.24) is 19.7 Å². The van der Waals surface area contributed by atoms with Crippen LogP contribution in [0.4, 0.5) is 0 Å². The summed E-state index contributed by atoms with van der Waals surface area (Å²) in [6.45, 7) is -0.518. The van der Waals surface area contributed by atoms with Crippen molar-refractivity contribution in [2.24, 2.45) is 0 Å². The molecule has 12 nitrogen and oxygen atoms in total. The SMILES string of the molecule is O=C(OC[C@@H]1O[C@H](n2nc(Br)c3c(=O)[nH]cnc32)[C@](O)(C(=O)c2ccccc2)[C@H]1OC(=O)c1ccccc1)c1ccccc1. The maximum absolute atomic E-state index is 14.2. The van der Waals surface area contributed by atoms with Gasteiger partial charge in [-0.2, -0.15) is 5.10 Å². The maximum atomic E-state index is 14.2. The van der Waals surface area contributed by atoms with E-state index < -0.39 is 53.9 Å². The highest BCUT2D eigenvalue weighted by molar-refractivity contribution is 9.10. The van der Waals surface area contributed by atoms with E-state index in [1.54, 1.807) is 66.7 Å². The normalized spacial score (nSPS) is 21.2. The van der Waals surface area contributed by atoms with Crippen LogP contribution in [-0.2, 0) is 14.2 Å². The topological polar surface area (TPSA) is 163 Å². The van der Waals surface area contributed by atoms with E-state index in [2.05, 4.69) is 31.0 Å². The predicted molar refractivity (Wildman–Crippen MR) is 158 cm³/mol. The van der Waals surface area contributed by atoms with E-state index in [-0.39, 0.29) is 32.3 Å². The molecule has 2 aromatic heterocycles. The van der Waals surface area contributed by atoms with Crippen molar-refractivity contribution < 1.29 is 33.7 Å². The third-order valence-electron chi connectivity index (χ3n) is 7.16. The van der Waals surface area contributed by atoms with Gasteiger partial charge in [0.25, 0.3) is 5.56 Å². The molecule has 1 fully saturated rings. The second-order valence-corrected chi connectivity index (χ2v) is 10.6. The fraction of sp³-hybridized carbons (Fsp3) is 0.161. The third kappa shape index (κ3) is 5.21. The quantitative estimate of drug-likeness (QED) is 0.186. The summed E-state index contributed by atoms with van der Waals surface area (Å²) in [6, 6.07) is 24.0. The molecule has 1 aliphatic rings. The summed E-state index contributed by atoms with van der Waals surface area (Å²) < 4.78 is 18.7. The molecule has 44 heavy (non-hydrogen) atoms. The maximum Gasteiger partial charge on any atom is 0.338 e. The fourth-order valence-electron chi connectivity index (χ4n) is 5.04. The van der Waals surface area contributed by atoms with Gasteiger partial charge >= 0.3 is 11.9 Å². The zero-order valence-electron chi connectivity index (χ0n) is 22.7. The van der Waals surface area contributed by atoms with E-state index in [1.807, 2.05) is 0 Å². The molecule has 0 amide bonds. The Balaban J connectivity index is 1.47. The zero-order valence-corrected chi connectivity index (χ0v) is 24.3. The van der Waals surface area contributed by atoms with Crippen LogP contribution in [0, 0.1) is 0 Å². The molecular weight excluding hydrogens is 636 g/mol. The van der Waals surface area contributed by atoms with Crippen molar-refractivity contribution >= 4 is 44.7 Å². The summed E-state index contributed by atoms with van der Waals surface area (Å²) in [7, 11) is 0. The van der Waals surface area contributed by atoms with Gasteiger partial charge in [0, 0.05) is 5.56 Å². The standard InChI is InChI=1S/C31H23BrN4O8/c32-25-22-26(33-17-34-27(22)38)36(35-25)30-31(41,23(37)18-10-4-1-5-11-18)24(44-29(40)20-14-8-3-9-15-20)21(43-30)16-42-28(39)19-12-6-2-7-13-19/h1-15,17,21,24,30,41H,16H2,(H,33,34,38)/t21-,24-,30-,31-/m0/s1. The lowest BCUT2D eigenvalue weighted by molar-refractivity contribution is -0.0896. The molecule has 1 aliphatic heterocycles. The van der Waals surface area contributed by atoms with Crippen LogP contribution >= 0.6 is 15.9 Å². The van der Waals surface area contributed by atoms with E-state index in [0.717, 1.165) is 11.0 Å². The summed E-state index contributed by atoms with van der Waals surface area (Å²) in [5, 5.41) is 16.8. The van der Waals surface area contributed by atoms with Gasteiger partial charge in [-0.15, -0.1) is 0 Å². The molecule has 6 rings (SSSR count). The highest BCUT2D eigenvalue weighted by atomic mass is 79.9. The van der Waals surface area contributed by atoms with Crippen molar-refractivity contribution in [3.63, 3.8) is 0 Å². The molecule has 222 valence electrons. The number of fused-ring (bicyclic) bond motifs is 1. The second kappa shape index (κ2) is 12.0. The average molecular weight is 659 g/mol. The first kappa shape index (κ1) is 29.1. The number of aliphatic hydroxyl groups is 1. The van der Waals surface area contributed by atoms with Crippen LogP contribution < -0.4 is 5.56 Å².